The first-order valence-corrected chi connectivity index (χ1v) is 14.3. The van der Waals surface area contributed by atoms with Gasteiger partial charge in [-0.3, -0.25) is 0 Å². The molecule has 1 nitrogen and oxygen atoms in total. The van der Waals surface area contributed by atoms with Crippen molar-refractivity contribution in [2.75, 3.05) is 0 Å². The lowest BCUT2D eigenvalue weighted by Crippen LogP contribution is -2.26. The van der Waals surface area contributed by atoms with Gasteiger partial charge in [-0.25, -0.2) is 0 Å². The molecule has 0 N–H and O–H groups in total. The molecule has 1 heteroatoms. The summed E-state index contributed by atoms with van der Waals surface area (Å²) in [4.78, 5) is 0. The van der Waals surface area contributed by atoms with Gasteiger partial charge < -0.3 is 0 Å². The van der Waals surface area contributed by atoms with Crippen molar-refractivity contribution in [3.05, 3.63) is 35.4 Å². The Morgan fingerprint density at radius 1 is 0.656 bits per heavy atom. The van der Waals surface area contributed by atoms with Crippen molar-refractivity contribution in [2.45, 2.75) is 129 Å². The lowest BCUT2D eigenvalue weighted by molar-refractivity contribution is 0.140. The predicted octanol–water partition coefficient (Wildman–Crippen LogP) is 9.63. The van der Waals surface area contributed by atoms with Gasteiger partial charge in [0.25, 0.3) is 0 Å². The summed E-state index contributed by atoms with van der Waals surface area (Å²) in [5, 5.41) is 8.95. The summed E-state index contributed by atoms with van der Waals surface area (Å²) in [7, 11) is 0. The van der Waals surface area contributed by atoms with E-state index in [9.17, 15) is 0 Å². The van der Waals surface area contributed by atoms with Gasteiger partial charge in [0, 0.05) is 0 Å². The van der Waals surface area contributed by atoms with E-state index >= 15 is 0 Å². The van der Waals surface area contributed by atoms with Crippen LogP contribution in [0, 0.1) is 35.0 Å². The summed E-state index contributed by atoms with van der Waals surface area (Å²) in [5.41, 5.74) is 2.18. The number of nitriles is 1. The number of unbranched alkanes of at least 4 members (excludes halogenated alkanes) is 7. The SMILES string of the molecule is CCCCCCCCCC[C@H]1CC[C@H]([C@H]2CC[C@H](CCc3ccc(C#N)cc3)CC2)CC1. The van der Waals surface area contributed by atoms with Crippen LogP contribution >= 0.6 is 0 Å². The normalized spacial score (nSPS) is 26.0. The average Bonchev–Trinajstić information content (AvgIpc) is 2.85. The molecule has 0 radical (unpaired) electrons. The zero-order valence-electron chi connectivity index (χ0n) is 21.0. The number of aryl methyl sites for hydroxylation is 1. The van der Waals surface area contributed by atoms with Gasteiger partial charge in [0.15, 0.2) is 0 Å². The topological polar surface area (TPSA) is 23.8 Å². The highest BCUT2D eigenvalue weighted by molar-refractivity contribution is 5.31. The summed E-state index contributed by atoms with van der Waals surface area (Å²) >= 11 is 0. The maximum absolute atomic E-state index is 8.95. The molecule has 2 saturated carbocycles. The van der Waals surface area contributed by atoms with Crippen LogP contribution in [0.5, 0.6) is 0 Å². The van der Waals surface area contributed by atoms with Gasteiger partial charge in [0.2, 0.25) is 0 Å². The van der Waals surface area contributed by atoms with Crippen molar-refractivity contribution in [3.8, 4) is 6.07 Å². The fourth-order valence-electron chi connectivity index (χ4n) is 6.58. The zero-order chi connectivity index (χ0) is 22.4. The van der Waals surface area contributed by atoms with Crippen LogP contribution in [0.15, 0.2) is 24.3 Å². The summed E-state index contributed by atoms with van der Waals surface area (Å²) in [6.45, 7) is 2.31. The minimum absolute atomic E-state index is 0.779. The van der Waals surface area contributed by atoms with Crippen LogP contribution in [-0.4, -0.2) is 0 Å². The van der Waals surface area contributed by atoms with E-state index in [0.717, 1.165) is 29.2 Å². The van der Waals surface area contributed by atoms with E-state index in [1.165, 1.54) is 128 Å². The number of nitrogens with zero attached hydrogens (tertiary/aromatic N) is 1. The van der Waals surface area contributed by atoms with Crippen molar-refractivity contribution in [3.63, 3.8) is 0 Å². The molecule has 0 atom stereocenters. The van der Waals surface area contributed by atoms with Crippen molar-refractivity contribution in [1.82, 2.24) is 0 Å². The Balaban J connectivity index is 1.22. The van der Waals surface area contributed by atoms with Gasteiger partial charge in [-0.15, -0.1) is 0 Å². The van der Waals surface area contributed by atoms with E-state index in [0.29, 0.717) is 0 Å². The number of hydrogen-bond donors (Lipinski definition) is 0. The molecule has 0 amide bonds. The third kappa shape index (κ3) is 8.92. The van der Waals surface area contributed by atoms with Gasteiger partial charge in [-0.05, 0) is 79.9 Å². The van der Waals surface area contributed by atoms with Crippen molar-refractivity contribution in [2.24, 2.45) is 23.7 Å². The lowest BCUT2D eigenvalue weighted by atomic mass is 9.68. The molecule has 0 aromatic heterocycles. The first-order chi connectivity index (χ1) is 15.8. The Hall–Kier alpha value is -1.29. The first-order valence-electron chi connectivity index (χ1n) is 14.3. The van der Waals surface area contributed by atoms with E-state index < -0.39 is 0 Å². The quantitative estimate of drug-likeness (QED) is 0.283. The van der Waals surface area contributed by atoms with Crippen molar-refractivity contribution >= 4 is 0 Å². The molecule has 3 rings (SSSR count). The fourth-order valence-corrected chi connectivity index (χ4v) is 6.58. The van der Waals surface area contributed by atoms with E-state index in [1.54, 1.807) is 0 Å². The largest absolute Gasteiger partial charge is 0.192 e. The second-order valence-electron chi connectivity index (χ2n) is 11.2. The smallest absolute Gasteiger partial charge is 0.0991 e. The highest BCUT2D eigenvalue weighted by Gasteiger charge is 2.30. The van der Waals surface area contributed by atoms with Gasteiger partial charge in [0.1, 0.15) is 0 Å². The molecule has 2 aliphatic rings. The van der Waals surface area contributed by atoms with Gasteiger partial charge >= 0.3 is 0 Å². The summed E-state index contributed by atoms with van der Waals surface area (Å²) in [5.74, 6) is 4.06. The number of rotatable bonds is 13. The first kappa shape index (κ1) is 25.3. The van der Waals surface area contributed by atoms with E-state index in [-0.39, 0.29) is 0 Å². The molecule has 1 aromatic carbocycles. The van der Waals surface area contributed by atoms with Crippen molar-refractivity contribution < 1.29 is 0 Å². The Labute approximate surface area is 199 Å². The molecular formula is C31H49N. The van der Waals surface area contributed by atoms with E-state index in [4.69, 9.17) is 5.26 Å². The molecule has 178 valence electrons. The highest BCUT2D eigenvalue weighted by Crippen LogP contribution is 2.43. The third-order valence-electron chi connectivity index (χ3n) is 8.84. The molecule has 0 heterocycles. The lowest BCUT2D eigenvalue weighted by Gasteiger charge is -2.38. The van der Waals surface area contributed by atoms with Crippen LogP contribution < -0.4 is 0 Å². The minimum atomic E-state index is 0.779. The van der Waals surface area contributed by atoms with Crippen LogP contribution in [0.25, 0.3) is 0 Å². The molecule has 0 saturated heterocycles. The fraction of sp³-hybridized carbons (Fsp3) is 0.774. The molecule has 0 bridgehead atoms. The number of hydrogen-bond acceptors (Lipinski definition) is 1. The minimum Gasteiger partial charge on any atom is -0.192 e. The van der Waals surface area contributed by atoms with Crippen LogP contribution in [-0.2, 0) is 6.42 Å². The van der Waals surface area contributed by atoms with Crippen molar-refractivity contribution in [1.29, 1.82) is 5.26 Å². The van der Waals surface area contributed by atoms with Gasteiger partial charge in [-0.1, -0.05) is 103 Å². The molecule has 2 aliphatic carbocycles. The monoisotopic (exact) mass is 435 g/mol. The molecule has 0 spiro atoms. The van der Waals surface area contributed by atoms with Gasteiger partial charge in [-0.2, -0.15) is 5.26 Å². The maximum Gasteiger partial charge on any atom is 0.0991 e. The number of benzene rings is 1. The third-order valence-corrected chi connectivity index (χ3v) is 8.84. The second kappa shape index (κ2) is 14.8. The Morgan fingerprint density at radius 2 is 1.16 bits per heavy atom. The average molecular weight is 436 g/mol. The molecule has 2 fully saturated rings. The Bertz CT molecular complexity index is 638. The maximum atomic E-state index is 8.95. The van der Waals surface area contributed by atoms with Crippen LogP contribution in [0.4, 0.5) is 0 Å². The zero-order valence-corrected chi connectivity index (χ0v) is 21.0. The van der Waals surface area contributed by atoms with Gasteiger partial charge in [0.05, 0.1) is 11.6 Å². The molecule has 0 aliphatic heterocycles. The van der Waals surface area contributed by atoms with E-state index in [2.05, 4.69) is 25.1 Å². The second-order valence-corrected chi connectivity index (χ2v) is 11.2. The Kier molecular flexibility index (Phi) is 11.7. The summed E-state index contributed by atoms with van der Waals surface area (Å²) in [6, 6.07) is 10.5. The standard InChI is InChI=1S/C31H49N/c1-2-3-4-5-6-7-8-9-10-26-17-21-30(22-18-26)31-23-19-28(20-24-31)12-11-27-13-15-29(25-32)16-14-27/h13-16,26,28,30-31H,2-12,17-24H2,1H3/t26-,28-,30-,31-. The highest BCUT2D eigenvalue weighted by atomic mass is 14.4. The van der Waals surface area contributed by atoms with Crippen LogP contribution in [0.3, 0.4) is 0 Å². The molecule has 32 heavy (non-hydrogen) atoms. The summed E-state index contributed by atoms with van der Waals surface area (Å²) < 4.78 is 0. The Morgan fingerprint density at radius 3 is 1.69 bits per heavy atom. The molecule has 0 unspecified atom stereocenters. The molecular weight excluding hydrogens is 386 g/mol. The van der Waals surface area contributed by atoms with E-state index in [1.807, 2.05) is 12.1 Å². The summed E-state index contributed by atoms with van der Waals surface area (Å²) in [6.07, 6.45) is 27.7. The van der Waals surface area contributed by atoms with Crippen LogP contribution in [0.2, 0.25) is 0 Å². The molecule has 1 aromatic rings. The predicted molar refractivity (Wildman–Crippen MR) is 138 cm³/mol. The van der Waals surface area contributed by atoms with Crippen LogP contribution in [0.1, 0.15) is 134 Å².